The Labute approximate surface area is 159 Å². The minimum absolute atomic E-state index is 0.285. The molecular formula is C18H28IN3OSi. The molecule has 2 aromatic heterocycles. The Hall–Kier alpha value is -0.473. The first kappa shape index (κ1) is 18.3. The maximum Gasteiger partial charge on any atom is 0.192 e. The first-order valence-electron chi connectivity index (χ1n) is 8.83. The monoisotopic (exact) mass is 457 g/mol. The van der Waals surface area contributed by atoms with Gasteiger partial charge in [0, 0.05) is 28.1 Å². The Morgan fingerprint density at radius 3 is 2.50 bits per heavy atom. The molecule has 1 saturated carbocycles. The highest BCUT2D eigenvalue weighted by molar-refractivity contribution is 14.1. The van der Waals surface area contributed by atoms with Gasteiger partial charge < -0.3 is 8.99 Å². The molecule has 0 atom stereocenters. The van der Waals surface area contributed by atoms with Crippen LogP contribution in [0.25, 0.3) is 11.0 Å². The molecule has 3 rings (SSSR count). The Morgan fingerprint density at radius 2 is 1.88 bits per heavy atom. The molecule has 0 aromatic carbocycles. The number of aromatic nitrogens is 3. The van der Waals surface area contributed by atoms with Gasteiger partial charge in [0.1, 0.15) is 12.0 Å². The van der Waals surface area contributed by atoms with Gasteiger partial charge in [-0.25, -0.2) is 9.97 Å². The van der Waals surface area contributed by atoms with Crippen molar-refractivity contribution in [3.8, 4) is 0 Å². The van der Waals surface area contributed by atoms with Crippen LogP contribution in [0.2, 0.25) is 18.1 Å². The molecule has 1 fully saturated rings. The molecule has 0 saturated heterocycles. The lowest BCUT2D eigenvalue weighted by Gasteiger charge is -2.41. The van der Waals surface area contributed by atoms with Crippen LogP contribution in [0.1, 0.15) is 52.5 Å². The van der Waals surface area contributed by atoms with E-state index in [9.17, 15) is 0 Å². The molecule has 0 aliphatic heterocycles. The number of nitrogens with zero attached hydrogens (tertiary/aromatic N) is 3. The lowest BCUT2D eigenvalue weighted by molar-refractivity contribution is 0.119. The van der Waals surface area contributed by atoms with E-state index in [2.05, 4.69) is 77.2 Å². The molecule has 6 heteroatoms. The van der Waals surface area contributed by atoms with E-state index >= 15 is 0 Å². The average Bonchev–Trinajstić information content (AvgIpc) is 2.84. The van der Waals surface area contributed by atoms with Crippen molar-refractivity contribution < 1.29 is 4.43 Å². The highest BCUT2D eigenvalue weighted by atomic mass is 127. The van der Waals surface area contributed by atoms with E-state index in [-0.39, 0.29) is 5.04 Å². The Kier molecular flexibility index (Phi) is 5.10. The standard InChI is InChI=1S/C18H28IN3OSi/c1-18(2,3)24(4,5)23-14-8-6-13(7-9-14)22-11-16(19)15-10-20-12-21-17(15)22/h10-14H,6-9H2,1-5H3/t13-,14+. The van der Waals surface area contributed by atoms with E-state index in [1.54, 1.807) is 6.33 Å². The van der Waals surface area contributed by atoms with Crippen LogP contribution in [0, 0.1) is 3.57 Å². The van der Waals surface area contributed by atoms with Gasteiger partial charge in [-0.3, -0.25) is 0 Å². The second kappa shape index (κ2) is 6.68. The molecule has 24 heavy (non-hydrogen) atoms. The number of fused-ring (bicyclic) bond motifs is 1. The van der Waals surface area contributed by atoms with Crippen molar-refractivity contribution in [1.29, 1.82) is 0 Å². The summed E-state index contributed by atoms with van der Waals surface area (Å²) in [6.07, 6.45) is 10.9. The van der Waals surface area contributed by atoms with Crippen molar-refractivity contribution in [2.45, 2.75) is 76.7 Å². The first-order chi connectivity index (χ1) is 11.2. The molecule has 2 heterocycles. The third kappa shape index (κ3) is 3.55. The fourth-order valence-corrected chi connectivity index (χ4v) is 5.37. The van der Waals surface area contributed by atoms with Crippen LogP contribution in [-0.4, -0.2) is 29.0 Å². The maximum atomic E-state index is 6.62. The zero-order chi connectivity index (χ0) is 17.5. The lowest BCUT2D eigenvalue weighted by atomic mass is 9.93. The van der Waals surface area contributed by atoms with Gasteiger partial charge >= 0.3 is 0 Å². The molecule has 0 bridgehead atoms. The van der Waals surface area contributed by atoms with Crippen LogP contribution in [0.15, 0.2) is 18.7 Å². The number of hydrogen-bond donors (Lipinski definition) is 0. The van der Waals surface area contributed by atoms with Crippen molar-refractivity contribution in [2.75, 3.05) is 0 Å². The Balaban J connectivity index is 1.69. The van der Waals surface area contributed by atoms with Crippen molar-refractivity contribution >= 4 is 41.9 Å². The van der Waals surface area contributed by atoms with Crippen molar-refractivity contribution in [2.24, 2.45) is 0 Å². The largest absolute Gasteiger partial charge is 0.414 e. The molecule has 0 unspecified atom stereocenters. The fraction of sp³-hybridized carbons (Fsp3) is 0.667. The molecular weight excluding hydrogens is 429 g/mol. The SMILES string of the molecule is CC(C)(C)[Si](C)(C)O[C@H]1CC[C@@H](n2cc(I)c3cncnc32)CC1. The van der Waals surface area contributed by atoms with Gasteiger partial charge in [0.15, 0.2) is 8.32 Å². The summed E-state index contributed by atoms with van der Waals surface area (Å²) in [6, 6.07) is 0.533. The van der Waals surface area contributed by atoms with Crippen molar-refractivity contribution in [3.63, 3.8) is 0 Å². The zero-order valence-corrected chi connectivity index (χ0v) is 18.5. The van der Waals surface area contributed by atoms with Gasteiger partial charge in [0.05, 0.1) is 5.39 Å². The van der Waals surface area contributed by atoms with Gasteiger partial charge in [-0.1, -0.05) is 20.8 Å². The lowest BCUT2D eigenvalue weighted by Crippen LogP contribution is -2.44. The second-order valence-corrected chi connectivity index (χ2v) is 14.4. The summed E-state index contributed by atoms with van der Waals surface area (Å²) in [5.74, 6) is 0. The van der Waals surface area contributed by atoms with Gasteiger partial charge in [0.25, 0.3) is 0 Å². The average molecular weight is 457 g/mol. The van der Waals surface area contributed by atoms with Crippen LogP contribution < -0.4 is 0 Å². The summed E-state index contributed by atoms with van der Waals surface area (Å²) >= 11 is 2.39. The first-order valence-corrected chi connectivity index (χ1v) is 12.8. The summed E-state index contributed by atoms with van der Waals surface area (Å²) in [6.45, 7) is 11.7. The molecule has 1 aliphatic rings. The number of hydrogen-bond acceptors (Lipinski definition) is 3. The molecule has 0 spiro atoms. The maximum absolute atomic E-state index is 6.62. The van der Waals surface area contributed by atoms with Crippen LogP contribution in [0.4, 0.5) is 0 Å². The van der Waals surface area contributed by atoms with Gasteiger partial charge in [-0.2, -0.15) is 0 Å². The number of halogens is 1. The van der Waals surface area contributed by atoms with Crippen molar-refractivity contribution in [1.82, 2.24) is 14.5 Å². The minimum atomic E-state index is -1.66. The van der Waals surface area contributed by atoms with Gasteiger partial charge in [-0.05, 0) is 66.4 Å². The van der Waals surface area contributed by atoms with Gasteiger partial charge in [0.2, 0.25) is 0 Å². The van der Waals surface area contributed by atoms with Gasteiger partial charge in [-0.15, -0.1) is 0 Å². The summed E-state index contributed by atoms with van der Waals surface area (Å²) < 4.78 is 10.2. The van der Waals surface area contributed by atoms with Crippen LogP contribution >= 0.6 is 22.6 Å². The van der Waals surface area contributed by atoms with E-state index in [4.69, 9.17) is 4.43 Å². The quantitative estimate of drug-likeness (QED) is 0.449. The summed E-state index contributed by atoms with van der Waals surface area (Å²) in [7, 11) is -1.66. The normalized spacial score (nSPS) is 22.9. The highest BCUT2D eigenvalue weighted by Gasteiger charge is 2.40. The molecule has 132 valence electrons. The van der Waals surface area contributed by atoms with Crippen LogP contribution in [0.3, 0.4) is 0 Å². The molecule has 0 radical (unpaired) electrons. The predicted octanol–water partition coefficient (Wildman–Crippen LogP) is 5.54. The summed E-state index contributed by atoms with van der Waals surface area (Å²) in [5.41, 5.74) is 1.07. The Bertz CT molecular complexity index is 715. The number of rotatable bonds is 3. The van der Waals surface area contributed by atoms with E-state index in [1.165, 1.54) is 16.4 Å². The zero-order valence-electron chi connectivity index (χ0n) is 15.3. The molecule has 0 N–H and O–H groups in total. The topological polar surface area (TPSA) is 39.9 Å². The van der Waals surface area contributed by atoms with Crippen molar-refractivity contribution in [3.05, 3.63) is 22.3 Å². The molecule has 0 amide bonds. The molecule has 2 aromatic rings. The fourth-order valence-electron chi connectivity index (χ4n) is 3.26. The summed E-state index contributed by atoms with van der Waals surface area (Å²) in [4.78, 5) is 8.67. The Morgan fingerprint density at radius 1 is 1.21 bits per heavy atom. The second-order valence-electron chi connectivity index (χ2n) is 8.45. The third-order valence-corrected chi connectivity index (χ3v) is 11.1. The minimum Gasteiger partial charge on any atom is -0.414 e. The third-order valence-electron chi connectivity index (χ3n) is 5.75. The predicted molar refractivity (Wildman–Crippen MR) is 110 cm³/mol. The van der Waals surface area contributed by atoms with Crippen LogP contribution in [0.5, 0.6) is 0 Å². The van der Waals surface area contributed by atoms with E-state index in [1.807, 2.05) is 6.20 Å². The summed E-state index contributed by atoms with van der Waals surface area (Å²) in [5, 5.41) is 1.45. The van der Waals surface area contributed by atoms with E-state index in [0.717, 1.165) is 23.9 Å². The smallest absolute Gasteiger partial charge is 0.192 e. The van der Waals surface area contributed by atoms with E-state index < -0.39 is 8.32 Å². The molecule has 1 aliphatic carbocycles. The van der Waals surface area contributed by atoms with Crippen LogP contribution in [-0.2, 0) is 4.43 Å². The molecule has 4 nitrogen and oxygen atoms in total. The van der Waals surface area contributed by atoms with E-state index in [0.29, 0.717) is 12.1 Å². The highest BCUT2D eigenvalue weighted by Crippen LogP contribution is 2.40.